The van der Waals surface area contributed by atoms with Crippen molar-refractivity contribution in [3.05, 3.63) is 29.0 Å². The van der Waals surface area contributed by atoms with Gasteiger partial charge < -0.3 is 10.8 Å². The number of carboxylic acids is 1. The van der Waals surface area contributed by atoms with Crippen LogP contribution in [-0.4, -0.2) is 43.8 Å². The van der Waals surface area contributed by atoms with Crippen molar-refractivity contribution in [2.45, 2.75) is 31.8 Å². The molecule has 1 aliphatic rings. The molecule has 2 aromatic rings. The van der Waals surface area contributed by atoms with E-state index in [9.17, 15) is 4.79 Å². The summed E-state index contributed by atoms with van der Waals surface area (Å²) >= 11 is 1.53. The van der Waals surface area contributed by atoms with Gasteiger partial charge in [-0.3, -0.25) is 14.4 Å². The first-order valence-corrected chi connectivity index (χ1v) is 8.09. The van der Waals surface area contributed by atoms with E-state index in [1.165, 1.54) is 20.9 Å². The predicted octanol–water partition coefficient (Wildman–Crippen LogP) is 1.39. The number of nitrogen functional groups attached to an aromatic ring is 1. The van der Waals surface area contributed by atoms with Gasteiger partial charge in [0.2, 0.25) is 0 Å². The van der Waals surface area contributed by atoms with Gasteiger partial charge in [-0.2, -0.15) is 5.10 Å². The third-order valence-electron chi connectivity index (χ3n) is 3.83. The first kappa shape index (κ1) is 15.0. The molecule has 3 heterocycles. The Morgan fingerprint density at radius 1 is 1.55 bits per heavy atom. The van der Waals surface area contributed by atoms with Crippen LogP contribution in [0.25, 0.3) is 0 Å². The summed E-state index contributed by atoms with van der Waals surface area (Å²) in [7, 11) is 0. The van der Waals surface area contributed by atoms with Crippen molar-refractivity contribution < 1.29 is 9.90 Å². The fourth-order valence-electron chi connectivity index (χ4n) is 2.88. The minimum absolute atomic E-state index is 0.0867. The van der Waals surface area contributed by atoms with Gasteiger partial charge in [-0.1, -0.05) is 0 Å². The molecule has 1 fully saturated rings. The largest absolute Gasteiger partial charge is 0.480 e. The molecule has 0 bridgehead atoms. The topological polar surface area (TPSA) is 97.3 Å². The van der Waals surface area contributed by atoms with E-state index in [0.717, 1.165) is 38.2 Å². The number of hydrogen-bond donors (Lipinski definition) is 2. The molecule has 22 heavy (non-hydrogen) atoms. The second kappa shape index (κ2) is 6.45. The molecule has 8 heteroatoms. The maximum Gasteiger partial charge on any atom is 0.325 e. The van der Waals surface area contributed by atoms with Gasteiger partial charge in [-0.05, 0) is 25.5 Å². The third-order valence-corrected chi connectivity index (χ3v) is 4.64. The quantitative estimate of drug-likeness (QED) is 0.863. The van der Waals surface area contributed by atoms with Gasteiger partial charge in [-0.15, -0.1) is 11.3 Å². The summed E-state index contributed by atoms with van der Waals surface area (Å²) in [6.45, 7) is 2.77. The van der Waals surface area contributed by atoms with Gasteiger partial charge in [0.1, 0.15) is 6.54 Å². The maximum atomic E-state index is 10.7. The SMILES string of the molecule is Nc1ncc(CN2CCCC(c3ccn(CC(=O)O)n3)C2)s1. The zero-order chi connectivity index (χ0) is 15.5. The number of thiazole rings is 1. The van der Waals surface area contributed by atoms with Gasteiger partial charge in [0.25, 0.3) is 0 Å². The number of nitrogens with two attached hydrogens (primary N) is 1. The number of likely N-dealkylation sites (tertiary alicyclic amines) is 1. The van der Waals surface area contributed by atoms with Crippen molar-refractivity contribution in [3.63, 3.8) is 0 Å². The van der Waals surface area contributed by atoms with E-state index in [1.54, 1.807) is 6.20 Å². The summed E-state index contributed by atoms with van der Waals surface area (Å²) in [4.78, 5) is 18.4. The average Bonchev–Trinajstić information content (AvgIpc) is 3.08. The zero-order valence-electron chi connectivity index (χ0n) is 12.2. The summed E-state index contributed by atoms with van der Waals surface area (Å²) in [6.07, 6.45) is 5.79. The van der Waals surface area contributed by atoms with E-state index in [-0.39, 0.29) is 6.54 Å². The number of nitrogens with zero attached hydrogens (tertiary/aromatic N) is 4. The monoisotopic (exact) mass is 321 g/mol. The number of anilines is 1. The Morgan fingerprint density at radius 2 is 2.41 bits per heavy atom. The van der Waals surface area contributed by atoms with Crippen LogP contribution in [0, 0.1) is 0 Å². The first-order chi connectivity index (χ1) is 10.6. The van der Waals surface area contributed by atoms with Crippen molar-refractivity contribution in [1.82, 2.24) is 19.7 Å². The van der Waals surface area contributed by atoms with E-state index in [1.807, 2.05) is 12.3 Å². The Bertz CT molecular complexity index is 653. The molecule has 0 amide bonds. The van der Waals surface area contributed by atoms with Crippen LogP contribution in [0.2, 0.25) is 0 Å². The van der Waals surface area contributed by atoms with Crippen molar-refractivity contribution in [1.29, 1.82) is 0 Å². The van der Waals surface area contributed by atoms with E-state index in [4.69, 9.17) is 10.8 Å². The smallest absolute Gasteiger partial charge is 0.325 e. The van der Waals surface area contributed by atoms with Gasteiger partial charge in [-0.25, -0.2) is 4.98 Å². The van der Waals surface area contributed by atoms with Crippen molar-refractivity contribution >= 4 is 22.4 Å². The molecule has 0 radical (unpaired) electrons. The molecule has 0 saturated carbocycles. The van der Waals surface area contributed by atoms with Crippen molar-refractivity contribution in [3.8, 4) is 0 Å². The first-order valence-electron chi connectivity index (χ1n) is 7.28. The molecule has 3 N–H and O–H groups in total. The molecule has 118 valence electrons. The van der Waals surface area contributed by atoms with Crippen LogP contribution in [0.4, 0.5) is 5.13 Å². The Morgan fingerprint density at radius 3 is 3.14 bits per heavy atom. The number of aliphatic carboxylic acids is 1. The van der Waals surface area contributed by atoms with E-state index in [0.29, 0.717) is 11.0 Å². The molecule has 1 saturated heterocycles. The number of piperidine rings is 1. The van der Waals surface area contributed by atoms with Gasteiger partial charge in [0.05, 0.1) is 5.69 Å². The molecule has 1 atom stereocenters. The Hall–Kier alpha value is -1.93. The van der Waals surface area contributed by atoms with Crippen LogP contribution < -0.4 is 5.73 Å². The van der Waals surface area contributed by atoms with E-state index >= 15 is 0 Å². The van der Waals surface area contributed by atoms with E-state index in [2.05, 4.69) is 15.0 Å². The van der Waals surface area contributed by atoms with Crippen molar-refractivity contribution in [2.24, 2.45) is 0 Å². The molecule has 7 nitrogen and oxygen atoms in total. The highest BCUT2D eigenvalue weighted by Crippen LogP contribution is 2.27. The van der Waals surface area contributed by atoms with Gasteiger partial charge in [0, 0.05) is 36.3 Å². The third kappa shape index (κ3) is 3.63. The zero-order valence-corrected chi connectivity index (χ0v) is 13.0. The highest BCUT2D eigenvalue weighted by molar-refractivity contribution is 7.15. The van der Waals surface area contributed by atoms with Crippen LogP contribution >= 0.6 is 11.3 Å². The summed E-state index contributed by atoms with van der Waals surface area (Å²) in [5.41, 5.74) is 6.65. The maximum absolute atomic E-state index is 10.7. The lowest BCUT2D eigenvalue weighted by molar-refractivity contribution is -0.137. The minimum atomic E-state index is -0.872. The van der Waals surface area contributed by atoms with Crippen LogP contribution in [0.15, 0.2) is 18.5 Å². The van der Waals surface area contributed by atoms with Crippen LogP contribution in [0.5, 0.6) is 0 Å². The molecule has 0 aliphatic carbocycles. The molecule has 1 unspecified atom stereocenters. The average molecular weight is 321 g/mol. The fraction of sp³-hybridized carbons (Fsp3) is 0.500. The Balaban J connectivity index is 1.62. The highest BCUT2D eigenvalue weighted by atomic mass is 32.1. The molecular formula is C14H19N5O2S. The Labute approximate surface area is 132 Å². The number of hydrogen-bond acceptors (Lipinski definition) is 6. The number of aromatic nitrogens is 3. The van der Waals surface area contributed by atoms with Gasteiger partial charge in [0.15, 0.2) is 5.13 Å². The minimum Gasteiger partial charge on any atom is -0.480 e. The lowest BCUT2D eigenvalue weighted by Crippen LogP contribution is -2.33. The standard InChI is InChI=1S/C14H19N5O2S/c15-14-16-6-11(22-14)8-18-4-1-2-10(7-18)12-3-5-19(17-12)9-13(20)21/h3,5-6,10H,1-2,4,7-9H2,(H2,15,16)(H,20,21). The second-order valence-electron chi connectivity index (χ2n) is 5.57. The molecule has 3 rings (SSSR count). The van der Waals surface area contributed by atoms with Gasteiger partial charge >= 0.3 is 5.97 Å². The number of carbonyl (C=O) groups is 1. The van der Waals surface area contributed by atoms with Crippen molar-refractivity contribution in [2.75, 3.05) is 18.8 Å². The lowest BCUT2D eigenvalue weighted by Gasteiger charge is -2.31. The summed E-state index contributed by atoms with van der Waals surface area (Å²) in [6, 6.07) is 1.93. The molecule has 1 aliphatic heterocycles. The second-order valence-corrected chi connectivity index (χ2v) is 6.72. The molecule has 0 spiro atoms. The van der Waals surface area contributed by atoms with E-state index < -0.39 is 5.97 Å². The van der Waals surface area contributed by atoms with Crippen LogP contribution in [0.1, 0.15) is 29.3 Å². The number of rotatable bonds is 5. The summed E-state index contributed by atoms with van der Waals surface area (Å²) in [5.74, 6) is -0.517. The molecule has 2 aromatic heterocycles. The highest BCUT2D eigenvalue weighted by Gasteiger charge is 2.23. The normalized spacial score (nSPS) is 19.4. The fourth-order valence-corrected chi connectivity index (χ4v) is 3.61. The Kier molecular flexibility index (Phi) is 4.39. The number of carboxylic acid groups (broad SMARTS) is 1. The van der Waals surface area contributed by atoms with Crippen LogP contribution in [-0.2, 0) is 17.9 Å². The predicted molar refractivity (Wildman–Crippen MR) is 83.6 cm³/mol. The van der Waals surface area contributed by atoms with Crippen LogP contribution in [0.3, 0.4) is 0 Å². The lowest BCUT2D eigenvalue weighted by atomic mass is 9.95. The molecule has 0 aromatic carbocycles. The molecular weight excluding hydrogens is 302 g/mol. The summed E-state index contributed by atoms with van der Waals surface area (Å²) in [5, 5.41) is 13.8. The summed E-state index contributed by atoms with van der Waals surface area (Å²) < 4.78 is 1.49.